The van der Waals surface area contributed by atoms with Crippen molar-refractivity contribution in [1.82, 2.24) is 0 Å². The van der Waals surface area contributed by atoms with Crippen molar-refractivity contribution in [1.29, 1.82) is 0 Å². The van der Waals surface area contributed by atoms with Gasteiger partial charge in [0.1, 0.15) is 0 Å². The molecule has 0 saturated heterocycles. The van der Waals surface area contributed by atoms with Crippen LogP contribution in [0, 0.1) is 0 Å². The molecule has 0 aliphatic carbocycles. The van der Waals surface area contributed by atoms with Crippen molar-refractivity contribution in [2.75, 3.05) is 25.0 Å². The summed E-state index contributed by atoms with van der Waals surface area (Å²) in [5, 5.41) is 7.57. The molecular formula is C16H44Cl4O2Si2. The van der Waals surface area contributed by atoms with Gasteiger partial charge in [-0.05, 0) is 51.9 Å². The van der Waals surface area contributed by atoms with E-state index in [2.05, 4.69) is 33.1 Å². The van der Waals surface area contributed by atoms with Gasteiger partial charge in [0.25, 0.3) is 0 Å². The predicted molar refractivity (Wildman–Crippen MR) is 126 cm³/mol. The monoisotopic (exact) mass is 464 g/mol. The Hall–Kier alpha value is 1.51. The van der Waals surface area contributed by atoms with E-state index in [1.807, 2.05) is 0 Å². The van der Waals surface area contributed by atoms with Gasteiger partial charge in [-0.15, -0.1) is 35.6 Å². The topological polar surface area (TPSA) is 29.5 Å². The van der Waals surface area contributed by atoms with E-state index < -0.39 is 15.7 Å². The summed E-state index contributed by atoms with van der Waals surface area (Å²) in [5.74, 6) is 1.52. The summed E-state index contributed by atoms with van der Waals surface area (Å²) in [5.41, 5.74) is 0. The molecule has 156 valence electrons. The minimum absolute atomic E-state index is 0. The number of rotatable bonds is 8. The smallest absolute Gasteiger partial charge is 0.186 e. The van der Waals surface area contributed by atoms with Crippen molar-refractivity contribution in [3.05, 3.63) is 0 Å². The summed E-state index contributed by atoms with van der Waals surface area (Å²) >= 11 is 17.0. The molecule has 0 spiro atoms. The molecule has 24 heavy (non-hydrogen) atoms. The van der Waals surface area contributed by atoms with Crippen LogP contribution in [0.15, 0.2) is 0 Å². The summed E-state index contributed by atoms with van der Waals surface area (Å²) in [6.45, 7) is 13.6. The van der Waals surface area contributed by atoms with Gasteiger partial charge in [-0.2, -0.15) is 11.1 Å². The first-order chi connectivity index (χ1) is 9.60. The molecule has 0 fully saturated rings. The molecule has 0 radical (unpaired) electrons. The molecule has 0 aromatic rings. The van der Waals surface area contributed by atoms with Gasteiger partial charge in [-0.25, -0.2) is 0 Å². The molecule has 0 saturated carbocycles. The lowest BCUT2D eigenvalue weighted by molar-refractivity contribution is 0.318. The zero-order chi connectivity index (χ0) is 17.4. The van der Waals surface area contributed by atoms with Gasteiger partial charge >= 0.3 is 0 Å². The predicted octanol–water partition coefficient (Wildman–Crippen LogP) is 7.61. The number of hydrogen-bond acceptors (Lipinski definition) is 2. The van der Waals surface area contributed by atoms with Gasteiger partial charge in [0.2, 0.25) is 0 Å². The van der Waals surface area contributed by atoms with Crippen molar-refractivity contribution in [3.8, 4) is 0 Å². The highest BCUT2D eigenvalue weighted by Crippen LogP contribution is 2.16. The Morgan fingerprint density at radius 2 is 1.21 bits per heavy atom. The van der Waals surface area contributed by atoms with Gasteiger partial charge < -0.3 is 9.53 Å². The van der Waals surface area contributed by atoms with E-state index in [1.165, 1.54) is 6.04 Å². The maximum absolute atomic E-state index is 7.57. The minimum atomic E-state index is -1.31. The summed E-state index contributed by atoms with van der Waals surface area (Å²) in [4.78, 5) is 0. The molecule has 0 aromatic heterocycles. The van der Waals surface area contributed by atoms with Crippen LogP contribution >= 0.6 is 46.7 Å². The molecule has 0 aliphatic heterocycles. The van der Waals surface area contributed by atoms with E-state index >= 15 is 0 Å². The number of halogens is 4. The fourth-order valence-electron chi connectivity index (χ4n) is 1.44. The Morgan fingerprint density at radius 3 is 1.42 bits per heavy atom. The third-order valence-corrected chi connectivity index (χ3v) is 7.62. The van der Waals surface area contributed by atoms with Crippen LogP contribution in [0.4, 0.5) is 0 Å². The molecule has 0 bridgehead atoms. The number of alkyl halides is 2. The fourth-order valence-corrected chi connectivity index (χ4v) is 5.53. The number of aliphatic hydroxyl groups is 1. The van der Waals surface area contributed by atoms with E-state index in [0.29, 0.717) is 0 Å². The van der Waals surface area contributed by atoms with Crippen molar-refractivity contribution in [2.24, 2.45) is 0 Å². The number of hydrogen-bond donors (Lipinski definition) is 1. The van der Waals surface area contributed by atoms with Crippen LogP contribution in [0.1, 0.15) is 41.5 Å². The van der Waals surface area contributed by atoms with Gasteiger partial charge in [-0.3, -0.25) is 0 Å². The molecule has 0 aromatic carbocycles. The van der Waals surface area contributed by atoms with E-state index in [4.69, 9.17) is 43.8 Å². The van der Waals surface area contributed by atoms with E-state index in [1.54, 1.807) is 6.92 Å². The number of aliphatic hydroxyl groups excluding tert-OH is 1. The molecular weight excluding hydrogens is 422 g/mol. The second kappa shape index (κ2) is 26.7. The van der Waals surface area contributed by atoms with Crippen LogP contribution < -0.4 is 0 Å². The van der Waals surface area contributed by atoms with Crippen LogP contribution in [-0.2, 0) is 4.43 Å². The minimum Gasteiger partial charge on any atom is -0.418 e. The molecule has 0 rings (SSSR count). The van der Waals surface area contributed by atoms with Crippen LogP contribution in [0.2, 0.25) is 38.3 Å². The largest absolute Gasteiger partial charge is 0.418 e. The maximum atomic E-state index is 7.57. The average Bonchev–Trinajstić information content (AvgIpc) is 2.35. The quantitative estimate of drug-likeness (QED) is 0.227. The Kier molecular flexibility index (Phi) is 44.9. The summed E-state index contributed by atoms with van der Waals surface area (Å²) in [7, 11) is -2.60. The molecule has 8 heteroatoms. The van der Waals surface area contributed by atoms with Crippen LogP contribution in [0.25, 0.3) is 0 Å². The second-order valence-corrected chi connectivity index (χ2v) is 17.9. The zero-order valence-electron chi connectivity index (χ0n) is 15.1. The first-order valence-electron chi connectivity index (χ1n) is 7.65. The van der Waals surface area contributed by atoms with E-state index in [0.717, 1.165) is 37.3 Å². The maximum Gasteiger partial charge on any atom is 0.186 e. The Labute approximate surface area is 176 Å². The molecule has 0 heterocycles. The highest BCUT2D eigenvalue weighted by atomic mass is 35.6. The van der Waals surface area contributed by atoms with Gasteiger partial charge in [0.05, 0.1) is 0 Å². The summed E-state index contributed by atoms with van der Waals surface area (Å²) in [6, 6.07) is 2.32. The SMILES string of the molecule is C.C.CCO.CCO[Si](C)(C)CCCCl.C[Si](C)(Cl)CCCCl.Cl. The molecule has 0 atom stereocenters. The normalized spacial score (nSPS) is 9.75. The third kappa shape index (κ3) is 49.5. The van der Waals surface area contributed by atoms with Crippen molar-refractivity contribution in [3.63, 3.8) is 0 Å². The van der Waals surface area contributed by atoms with Gasteiger partial charge in [0, 0.05) is 25.0 Å². The van der Waals surface area contributed by atoms with Crippen LogP contribution in [-0.4, -0.2) is 45.8 Å². The molecule has 1 N–H and O–H groups in total. The molecule has 0 amide bonds. The Bertz CT molecular complexity index is 205. The van der Waals surface area contributed by atoms with Crippen LogP contribution in [0.3, 0.4) is 0 Å². The first kappa shape index (κ1) is 40.3. The Balaban J connectivity index is -0.0000000529. The average molecular weight is 467 g/mol. The molecule has 0 aliphatic rings. The Morgan fingerprint density at radius 1 is 0.875 bits per heavy atom. The lowest BCUT2D eigenvalue weighted by atomic mass is 10.6. The fraction of sp³-hybridized carbons (Fsp3) is 1.00. The molecule has 0 unspecified atom stereocenters. The van der Waals surface area contributed by atoms with E-state index in [-0.39, 0.29) is 33.9 Å². The third-order valence-electron chi connectivity index (χ3n) is 2.35. The standard InChI is InChI=1S/C7H17ClOSi.C5H12Cl2Si.C2H6O.2CH4.ClH/c1-4-9-10(2,3)7-5-6-8;1-8(2,7)5-3-4-6;1-2-3;;;/h4-7H2,1-3H3;3-5H2,1-2H3;3H,2H2,1H3;2*1H4;1H. The second-order valence-electron chi connectivity index (χ2n) is 5.81. The highest BCUT2D eigenvalue weighted by Gasteiger charge is 2.20. The van der Waals surface area contributed by atoms with Crippen molar-refractivity contribution in [2.45, 2.75) is 79.8 Å². The lowest BCUT2D eigenvalue weighted by Gasteiger charge is -2.20. The van der Waals surface area contributed by atoms with Gasteiger partial charge in [-0.1, -0.05) is 27.9 Å². The zero-order valence-corrected chi connectivity index (χ0v) is 20.1. The molecule has 2 nitrogen and oxygen atoms in total. The highest BCUT2D eigenvalue weighted by molar-refractivity contribution is 7.19. The van der Waals surface area contributed by atoms with Crippen molar-refractivity contribution < 1.29 is 9.53 Å². The van der Waals surface area contributed by atoms with Crippen molar-refractivity contribution >= 4 is 62.4 Å². The van der Waals surface area contributed by atoms with Crippen LogP contribution in [0.5, 0.6) is 0 Å². The summed E-state index contributed by atoms with van der Waals surface area (Å²) < 4.78 is 5.61. The lowest BCUT2D eigenvalue weighted by Crippen LogP contribution is -2.29. The van der Waals surface area contributed by atoms with Gasteiger partial charge in [0.15, 0.2) is 15.7 Å². The van der Waals surface area contributed by atoms with E-state index in [9.17, 15) is 0 Å². The summed E-state index contributed by atoms with van der Waals surface area (Å²) in [6.07, 6.45) is 2.17. The first-order valence-corrected chi connectivity index (χ1v) is 16.1.